The highest BCUT2D eigenvalue weighted by Crippen LogP contribution is 2.20. The number of benzene rings is 1. The normalized spacial score (nSPS) is 18.3. The minimum atomic E-state index is -0.946. The fraction of sp³-hybridized carbons (Fsp3) is 0.467. The molecule has 0 radical (unpaired) electrons. The number of nitrogens with zero attached hydrogens (tertiary/aromatic N) is 1. The van der Waals surface area contributed by atoms with Crippen LogP contribution in [0.5, 0.6) is 5.75 Å². The van der Waals surface area contributed by atoms with Crippen LogP contribution in [0.2, 0.25) is 0 Å². The second-order valence-electron chi connectivity index (χ2n) is 4.80. The van der Waals surface area contributed by atoms with Gasteiger partial charge in [-0.05, 0) is 30.7 Å². The lowest BCUT2D eigenvalue weighted by Crippen LogP contribution is -2.50. The first-order valence-electron chi connectivity index (χ1n) is 6.98. The van der Waals surface area contributed by atoms with Gasteiger partial charge < -0.3 is 14.7 Å². The molecular weight excluding hydrogens is 290 g/mol. The van der Waals surface area contributed by atoms with Gasteiger partial charge in [-0.15, -0.1) is 0 Å². The molecule has 1 aromatic rings. The van der Waals surface area contributed by atoms with Crippen molar-refractivity contribution in [3.05, 3.63) is 29.8 Å². The van der Waals surface area contributed by atoms with Crippen LogP contribution in [0.4, 0.5) is 0 Å². The molecule has 21 heavy (non-hydrogen) atoms. The highest BCUT2D eigenvalue weighted by atomic mass is 32.2. The Morgan fingerprint density at radius 3 is 2.71 bits per heavy atom. The summed E-state index contributed by atoms with van der Waals surface area (Å²) < 4.78 is 5.47. The molecule has 114 valence electrons. The molecule has 2 rings (SSSR count). The third-order valence-electron chi connectivity index (χ3n) is 3.25. The number of carbonyl (C=O) groups is 2. The number of carboxylic acids is 1. The van der Waals surface area contributed by atoms with Gasteiger partial charge in [0, 0.05) is 23.6 Å². The Balaban J connectivity index is 2.09. The van der Waals surface area contributed by atoms with E-state index in [0.29, 0.717) is 24.5 Å². The topological polar surface area (TPSA) is 66.8 Å². The zero-order valence-corrected chi connectivity index (χ0v) is 12.8. The number of carbonyl (C=O) groups excluding carboxylic acids is 1. The Morgan fingerprint density at radius 1 is 1.38 bits per heavy atom. The highest BCUT2D eigenvalue weighted by Gasteiger charge is 2.32. The summed E-state index contributed by atoms with van der Waals surface area (Å²) in [6.07, 6.45) is 0.923. The quantitative estimate of drug-likeness (QED) is 0.902. The molecule has 1 N–H and O–H groups in total. The van der Waals surface area contributed by atoms with Crippen LogP contribution in [-0.2, 0) is 4.79 Å². The second kappa shape index (κ2) is 7.36. The molecule has 1 atom stereocenters. The first kappa shape index (κ1) is 15.7. The summed E-state index contributed by atoms with van der Waals surface area (Å²) in [6, 6.07) is 6.13. The number of aliphatic carboxylic acids is 1. The summed E-state index contributed by atoms with van der Waals surface area (Å²) in [5.74, 6) is 0.756. The number of hydrogen-bond acceptors (Lipinski definition) is 4. The Morgan fingerprint density at radius 2 is 2.10 bits per heavy atom. The molecule has 1 heterocycles. The fourth-order valence-corrected chi connectivity index (χ4v) is 3.17. The lowest BCUT2D eigenvalue weighted by atomic mass is 10.1. The van der Waals surface area contributed by atoms with Gasteiger partial charge >= 0.3 is 5.97 Å². The van der Waals surface area contributed by atoms with Crippen molar-refractivity contribution in [2.45, 2.75) is 19.4 Å². The number of hydrogen-bond donors (Lipinski definition) is 1. The van der Waals surface area contributed by atoms with Crippen molar-refractivity contribution in [1.82, 2.24) is 4.90 Å². The molecular formula is C15H19NO4S. The Hall–Kier alpha value is -1.69. The van der Waals surface area contributed by atoms with Gasteiger partial charge in [0.1, 0.15) is 11.8 Å². The molecule has 0 bridgehead atoms. The van der Waals surface area contributed by atoms with Crippen LogP contribution in [-0.4, -0.2) is 52.6 Å². The second-order valence-corrected chi connectivity index (χ2v) is 5.95. The number of carboxylic acid groups (broad SMARTS) is 1. The molecule has 1 aliphatic rings. The molecule has 0 aromatic heterocycles. The van der Waals surface area contributed by atoms with Crippen LogP contribution in [0.15, 0.2) is 24.3 Å². The van der Waals surface area contributed by atoms with E-state index in [-0.39, 0.29) is 5.91 Å². The van der Waals surface area contributed by atoms with Crippen molar-refractivity contribution in [3.63, 3.8) is 0 Å². The number of ether oxygens (including phenoxy) is 1. The molecule has 5 nitrogen and oxygen atoms in total. The molecule has 1 fully saturated rings. The maximum atomic E-state index is 12.5. The van der Waals surface area contributed by atoms with Crippen LogP contribution in [0.1, 0.15) is 23.7 Å². The summed E-state index contributed by atoms with van der Waals surface area (Å²) in [6.45, 7) is 3.13. The van der Waals surface area contributed by atoms with E-state index >= 15 is 0 Å². The van der Waals surface area contributed by atoms with E-state index in [4.69, 9.17) is 4.74 Å². The van der Waals surface area contributed by atoms with E-state index in [0.717, 1.165) is 17.9 Å². The van der Waals surface area contributed by atoms with Gasteiger partial charge in [0.05, 0.1) is 6.61 Å². The summed E-state index contributed by atoms with van der Waals surface area (Å²) in [5.41, 5.74) is 0.497. The smallest absolute Gasteiger partial charge is 0.327 e. The molecule has 1 aromatic carbocycles. The average Bonchev–Trinajstić information content (AvgIpc) is 2.52. The van der Waals surface area contributed by atoms with E-state index in [1.807, 2.05) is 6.92 Å². The number of thioether (sulfide) groups is 1. The van der Waals surface area contributed by atoms with Gasteiger partial charge in [0.25, 0.3) is 5.91 Å². The first-order chi connectivity index (χ1) is 10.1. The summed E-state index contributed by atoms with van der Waals surface area (Å²) in [5, 5.41) is 9.22. The fourth-order valence-electron chi connectivity index (χ4n) is 2.13. The third-order valence-corrected chi connectivity index (χ3v) is 4.27. The third kappa shape index (κ3) is 3.91. The minimum Gasteiger partial charge on any atom is -0.494 e. The van der Waals surface area contributed by atoms with Crippen molar-refractivity contribution in [1.29, 1.82) is 0 Å². The summed E-state index contributed by atoms with van der Waals surface area (Å²) in [4.78, 5) is 25.1. The Kier molecular flexibility index (Phi) is 5.50. The number of amides is 1. The summed E-state index contributed by atoms with van der Waals surface area (Å²) in [7, 11) is 0. The molecule has 0 saturated carbocycles. The van der Waals surface area contributed by atoms with Crippen molar-refractivity contribution in [2.24, 2.45) is 0 Å². The van der Waals surface area contributed by atoms with E-state index in [9.17, 15) is 14.7 Å². The first-order valence-corrected chi connectivity index (χ1v) is 8.13. The number of rotatable bonds is 5. The largest absolute Gasteiger partial charge is 0.494 e. The van der Waals surface area contributed by atoms with Crippen molar-refractivity contribution in [2.75, 3.05) is 24.7 Å². The lowest BCUT2D eigenvalue weighted by Gasteiger charge is -2.32. The van der Waals surface area contributed by atoms with Crippen LogP contribution in [0, 0.1) is 0 Å². The zero-order chi connectivity index (χ0) is 15.2. The highest BCUT2D eigenvalue weighted by molar-refractivity contribution is 7.99. The van der Waals surface area contributed by atoms with E-state index in [2.05, 4.69) is 0 Å². The van der Waals surface area contributed by atoms with Crippen LogP contribution in [0.3, 0.4) is 0 Å². The van der Waals surface area contributed by atoms with Gasteiger partial charge in [0.2, 0.25) is 0 Å². The van der Waals surface area contributed by atoms with Crippen molar-refractivity contribution < 1.29 is 19.4 Å². The monoisotopic (exact) mass is 309 g/mol. The van der Waals surface area contributed by atoms with Gasteiger partial charge in [-0.1, -0.05) is 6.92 Å². The van der Waals surface area contributed by atoms with E-state index in [1.165, 1.54) is 4.90 Å². The molecule has 0 spiro atoms. The maximum Gasteiger partial charge on any atom is 0.327 e. The standard InChI is InChI=1S/C15H19NO4S/c1-2-8-20-12-5-3-11(4-6-12)14(17)16-7-9-21-10-13(16)15(18)19/h3-6,13H,2,7-10H2,1H3,(H,18,19). The van der Waals surface area contributed by atoms with Crippen LogP contribution in [0.25, 0.3) is 0 Å². The predicted molar refractivity (Wildman–Crippen MR) is 82.0 cm³/mol. The molecule has 1 amide bonds. The lowest BCUT2D eigenvalue weighted by molar-refractivity contribution is -0.141. The Bertz CT molecular complexity index is 503. The molecule has 1 aliphatic heterocycles. The molecule has 1 unspecified atom stereocenters. The van der Waals surface area contributed by atoms with E-state index in [1.54, 1.807) is 36.0 Å². The molecule has 1 saturated heterocycles. The SMILES string of the molecule is CCCOc1ccc(C(=O)N2CCSCC2C(=O)O)cc1. The minimum absolute atomic E-state index is 0.232. The van der Waals surface area contributed by atoms with Gasteiger partial charge in [0.15, 0.2) is 0 Å². The van der Waals surface area contributed by atoms with Crippen LogP contribution >= 0.6 is 11.8 Å². The van der Waals surface area contributed by atoms with Gasteiger partial charge in [-0.25, -0.2) is 4.79 Å². The van der Waals surface area contributed by atoms with Gasteiger partial charge in [-0.2, -0.15) is 11.8 Å². The molecule has 0 aliphatic carbocycles. The predicted octanol–water partition coefficient (Wildman–Crippen LogP) is 2.12. The summed E-state index contributed by atoms with van der Waals surface area (Å²) >= 11 is 1.56. The maximum absolute atomic E-state index is 12.5. The van der Waals surface area contributed by atoms with Crippen molar-refractivity contribution >= 4 is 23.6 Å². The van der Waals surface area contributed by atoms with Crippen LogP contribution < -0.4 is 4.74 Å². The molecule has 6 heteroatoms. The van der Waals surface area contributed by atoms with E-state index < -0.39 is 12.0 Å². The Labute approximate surface area is 128 Å². The average molecular weight is 309 g/mol. The zero-order valence-electron chi connectivity index (χ0n) is 11.9. The van der Waals surface area contributed by atoms with Gasteiger partial charge in [-0.3, -0.25) is 4.79 Å². The van der Waals surface area contributed by atoms with Crippen molar-refractivity contribution in [3.8, 4) is 5.75 Å².